The number of benzene rings is 1. The van der Waals surface area contributed by atoms with E-state index >= 15 is 0 Å². The van der Waals surface area contributed by atoms with E-state index in [4.69, 9.17) is 5.73 Å². The highest BCUT2D eigenvalue weighted by Crippen LogP contribution is 2.18. The number of carbonyl (C=O) groups excluding carboxylic acids is 2. The number of rotatable bonds is 3. The van der Waals surface area contributed by atoms with Crippen molar-refractivity contribution in [1.29, 1.82) is 0 Å². The third-order valence-corrected chi connectivity index (χ3v) is 3.68. The summed E-state index contributed by atoms with van der Waals surface area (Å²) < 4.78 is 1.63. The van der Waals surface area contributed by atoms with E-state index in [2.05, 4.69) is 10.1 Å². The van der Waals surface area contributed by atoms with E-state index in [1.165, 1.54) is 0 Å². The molecule has 2 N–H and O–H groups in total. The topological polar surface area (TPSA) is 90.3 Å². The molecule has 0 spiro atoms. The molecule has 3 aromatic rings. The second-order valence-electron chi connectivity index (χ2n) is 5.57. The number of nitrogens with two attached hydrogens (primary N) is 1. The van der Waals surface area contributed by atoms with Crippen molar-refractivity contribution in [3.8, 4) is 0 Å². The number of amides is 1. The van der Waals surface area contributed by atoms with Gasteiger partial charge in [0.2, 0.25) is 11.7 Å². The summed E-state index contributed by atoms with van der Waals surface area (Å²) in [6.07, 6.45) is 1.75. The molecule has 1 aromatic carbocycles. The van der Waals surface area contributed by atoms with Gasteiger partial charge in [-0.15, -0.1) is 0 Å². The molecule has 1 amide bonds. The summed E-state index contributed by atoms with van der Waals surface area (Å²) in [5, 5.41) is 4.31. The van der Waals surface area contributed by atoms with E-state index in [1.54, 1.807) is 35.0 Å². The highest BCUT2D eigenvalue weighted by molar-refractivity contribution is 6.14. The number of nitrogens with zero attached hydrogens (tertiary/aromatic N) is 3. The zero-order chi connectivity index (χ0) is 16.7. The number of ketones is 1. The van der Waals surface area contributed by atoms with Crippen LogP contribution in [0.5, 0.6) is 0 Å². The van der Waals surface area contributed by atoms with Crippen molar-refractivity contribution in [1.82, 2.24) is 14.6 Å². The van der Waals surface area contributed by atoms with Crippen LogP contribution in [0.1, 0.15) is 43.4 Å². The lowest BCUT2D eigenvalue weighted by Gasteiger charge is -2.05. The van der Waals surface area contributed by atoms with Gasteiger partial charge in [0.05, 0.1) is 28.7 Å². The van der Waals surface area contributed by atoms with Gasteiger partial charge in [0, 0.05) is 5.56 Å². The molecule has 116 valence electrons. The Hall–Kier alpha value is -3.02. The fraction of sp³-hybridized carbons (Fsp3) is 0.176. The number of carbonyl (C=O) groups is 2. The predicted octanol–water partition coefficient (Wildman–Crippen LogP) is 1.98. The zero-order valence-corrected chi connectivity index (χ0v) is 13.1. The summed E-state index contributed by atoms with van der Waals surface area (Å²) >= 11 is 0. The SMILES string of the molecule is Cc1ccc(C(=O)c2cc3c(C)nc(C)cn3n2)c(C(N)=O)c1. The Bertz CT molecular complexity index is 957. The average Bonchev–Trinajstić information content (AvgIpc) is 2.90. The summed E-state index contributed by atoms with van der Waals surface area (Å²) in [5.41, 5.74) is 9.33. The molecular weight excluding hydrogens is 292 g/mol. The molecule has 0 fully saturated rings. The highest BCUT2D eigenvalue weighted by atomic mass is 16.1. The van der Waals surface area contributed by atoms with Gasteiger partial charge in [0.1, 0.15) is 5.69 Å². The molecular formula is C17H16N4O2. The van der Waals surface area contributed by atoms with Crippen LogP contribution in [-0.4, -0.2) is 26.3 Å². The number of hydrogen-bond donors (Lipinski definition) is 1. The molecule has 6 nitrogen and oxygen atoms in total. The molecule has 0 saturated carbocycles. The number of primary amides is 1. The third kappa shape index (κ3) is 2.59. The lowest BCUT2D eigenvalue weighted by atomic mass is 9.99. The molecule has 2 aromatic heterocycles. The van der Waals surface area contributed by atoms with Gasteiger partial charge in [-0.2, -0.15) is 5.10 Å². The molecule has 0 bridgehead atoms. The maximum absolute atomic E-state index is 12.7. The van der Waals surface area contributed by atoms with Crippen LogP contribution in [-0.2, 0) is 0 Å². The molecule has 0 saturated heterocycles. The van der Waals surface area contributed by atoms with Crippen molar-refractivity contribution in [3.05, 3.63) is 64.2 Å². The number of aromatic nitrogens is 3. The Morgan fingerprint density at radius 3 is 2.52 bits per heavy atom. The van der Waals surface area contributed by atoms with E-state index in [-0.39, 0.29) is 22.6 Å². The Morgan fingerprint density at radius 1 is 1.09 bits per heavy atom. The second kappa shape index (κ2) is 5.31. The normalized spacial score (nSPS) is 10.9. The Balaban J connectivity index is 2.15. The van der Waals surface area contributed by atoms with Crippen LogP contribution in [0.3, 0.4) is 0 Å². The smallest absolute Gasteiger partial charge is 0.249 e. The minimum Gasteiger partial charge on any atom is -0.366 e. The molecule has 3 rings (SSSR count). The summed E-state index contributed by atoms with van der Waals surface area (Å²) in [6, 6.07) is 6.67. The minimum absolute atomic E-state index is 0.207. The van der Waals surface area contributed by atoms with Gasteiger partial charge >= 0.3 is 0 Å². The second-order valence-corrected chi connectivity index (χ2v) is 5.57. The van der Waals surface area contributed by atoms with Crippen LogP contribution < -0.4 is 5.73 Å². The first kappa shape index (κ1) is 14.9. The van der Waals surface area contributed by atoms with Crippen molar-refractivity contribution < 1.29 is 9.59 Å². The Morgan fingerprint density at radius 2 is 1.83 bits per heavy atom. The van der Waals surface area contributed by atoms with Gasteiger partial charge in [-0.05, 0) is 39.0 Å². The summed E-state index contributed by atoms with van der Waals surface area (Å²) in [6.45, 7) is 5.56. The van der Waals surface area contributed by atoms with Crippen molar-refractivity contribution in [2.75, 3.05) is 0 Å². The van der Waals surface area contributed by atoms with Gasteiger partial charge in [0.25, 0.3) is 0 Å². The standard InChI is InChI=1S/C17H16N4O2/c1-9-4-5-12(13(6-9)17(18)23)16(22)14-7-15-11(3)19-10(2)8-21(15)20-14/h4-8H,1-3H3,(H2,18,23). The van der Waals surface area contributed by atoms with E-state index in [0.717, 1.165) is 22.5 Å². The first-order valence-corrected chi connectivity index (χ1v) is 7.15. The molecule has 2 heterocycles. The van der Waals surface area contributed by atoms with Gasteiger partial charge in [-0.25, -0.2) is 4.52 Å². The van der Waals surface area contributed by atoms with Crippen LogP contribution in [0.25, 0.3) is 5.52 Å². The van der Waals surface area contributed by atoms with E-state index in [1.807, 2.05) is 20.8 Å². The molecule has 0 unspecified atom stereocenters. The zero-order valence-electron chi connectivity index (χ0n) is 13.1. The van der Waals surface area contributed by atoms with Crippen molar-refractivity contribution >= 4 is 17.2 Å². The summed E-state index contributed by atoms with van der Waals surface area (Å²) in [7, 11) is 0. The van der Waals surface area contributed by atoms with Gasteiger partial charge in [-0.3, -0.25) is 14.6 Å². The fourth-order valence-electron chi connectivity index (χ4n) is 2.60. The Labute approximate surface area is 133 Å². The Kier molecular flexibility index (Phi) is 3.44. The van der Waals surface area contributed by atoms with Crippen molar-refractivity contribution in [2.45, 2.75) is 20.8 Å². The predicted molar refractivity (Wildman–Crippen MR) is 85.6 cm³/mol. The summed E-state index contributed by atoms with van der Waals surface area (Å²) in [5.74, 6) is -0.964. The average molecular weight is 308 g/mol. The van der Waals surface area contributed by atoms with E-state index in [9.17, 15) is 9.59 Å². The van der Waals surface area contributed by atoms with Crippen LogP contribution in [0.2, 0.25) is 0 Å². The van der Waals surface area contributed by atoms with Crippen molar-refractivity contribution in [2.24, 2.45) is 5.73 Å². The molecule has 0 aliphatic carbocycles. The lowest BCUT2D eigenvalue weighted by Crippen LogP contribution is -2.17. The largest absolute Gasteiger partial charge is 0.366 e. The first-order valence-electron chi connectivity index (χ1n) is 7.15. The van der Waals surface area contributed by atoms with Crippen LogP contribution in [0, 0.1) is 20.8 Å². The molecule has 0 atom stereocenters. The third-order valence-electron chi connectivity index (χ3n) is 3.68. The summed E-state index contributed by atoms with van der Waals surface area (Å²) in [4.78, 5) is 28.7. The highest BCUT2D eigenvalue weighted by Gasteiger charge is 2.20. The monoisotopic (exact) mass is 308 g/mol. The van der Waals surface area contributed by atoms with Gasteiger partial charge in [0.15, 0.2) is 0 Å². The molecule has 23 heavy (non-hydrogen) atoms. The van der Waals surface area contributed by atoms with Gasteiger partial charge in [-0.1, -0.05) is 11.6 Å². The van der Waals surface area contributed by atoms with Crippen molar-refractivity contribution in [3.63, 3.8) is 0 Å². The molecule has 6 heteroatoms. The maximum Gasteiger partial charge on any atom is 0.249 e. The first-order chi connectivity index (χ1) is 10.9. The lowest BCUT2D eigenvalue weighted by molar-refractivity contribution is 0.0979. The number of hydrogen-bond acceptors (Lipinski definition) is 4. The van der Waals surface area contributed by atoms with Crippen LogP contribution >= 0.6 is 0 Å². The van der Waals surface area contributed by atoms with Crippen LogP contribution in [0.15, 0.2) is 30.5 Å². The van der Waals surface area contributed by atoms with E-state index in [0.29, 0.717) is 0 Å². The number of fused-ring (bicyclic) bond motifs is 1. The quantitative estimate of drug-likeness (QED) is 0.749. The molecule has 0 aliphatic heterocycles. The molecule has 0 aliphatic rings. The molecule has 0 radical (unpaired) electrons. The van der Waals surface area contributed by atoms with E-state index < -0.39 is 5.91 Å². The number of aryl methyl sites for hydroxylation is 3. The van der Waals surface area contributed by atoms with Gasteiger partial charge < -0.3 is 5.73 Å². The fourth-order valence-corrected chi connectivity index (χ4v) is 2.60. The minimum atomic E-state index is -0.630. The van der Waals surface area contributed by atoms with Crippen LogP contribution in [0.4, 0.5) is 0 Å². The maximum atomic E-state index is 12.7.